The Morgan fingerprint density at radius 2 is 2.05 bits per heavy atom. The first-order valence-electron chi connectivity index (χ1n) is 5.99. The third kappa shape index (κ3) is 4.68. The smallest absolute Gasteiger partial charge is 0.207 e. The van der Waals surface area contributed by atoms with E-state index >= 15 is 0 Å². The lowest BCUT2D eigenvalue weighted by molar-refractivity contribution is 0.562. The zero-order chi connectivity index (χ0) is 15.6. The number of nitrogens with one attached hydrogen (secondary N) is 1. The molecule has 2 aromatic rings. The van der Waals surface area contributed by atoms with Gasteiger partial charge in [0.25, 0.3) is 0 Å². The van der Waals surface area contributed by atoms with E-state index in [1.54, 1.807) is 6.07 Å². The molecule has 0 radical (unpaired) electrons. The van der Waals surface area contributed by atoms with Gasteiger partial charge in [0.05, 0.1) is 8.81 Å². The Hall–Kier alpha value is -0.110. The Balaban J connectivity index is 2.09. The Labute approximate surface area is 146 Å². The third-order valence-corrected chi connectivity index (χ3v) is 7.45. The van der Waals surface area contributed by atoms with E-state index in [9.17, 15) is 8.42 Å². The lowest BCUT2D eigenvalue weighted by atomic mass is 10.1. The van der Waals surface area contributed by atoms with Crippen LogP contribution in [-0.2, 0) is 16.4 Å². The summed E-state index contributed by atoms with van der Waals surface area (Å²) in [5, 5.41) is 1.03. The van der Waals surface area contributed by atoms with Gasteiger partial charge in [-0.25, -0.2) is 13.1 Å². The van der Waals surface area contributed by atoms with Crippen molar-refractivity contribution in [3.8, 4) is 0 Å². The SMILES string of the molecule is CC(Cc1cccc(Cl)c1)NS(=O)(=O)c1cc(Cl)c(Br)s1. The first-order chi connectivity index (χ1) is 9.78. The molecule has 0 bridgehead atoms. The molecule has 1 heterocycles. The monoisotopic (exact) mass is 427 g/mol. The van der Waals surface area contributed by atoms with Crippen molar-refractivity contribution in [2.24, 2.45) is 0 Å². The van der Waals surface area contributed by atoms with Gasteiger partial charge in [-0.3, -0.25) is 0 Å². The largest absolute Gasteiger partial charge is 0.250 e. The number of halogens is 3. The number of hydrogen-bond donors (Lipinski definition) is 1. The molecular formula is C13H12BrCl2NO2S2. The average Bonchev–Trinajstić information content (AvgIpc) is 2.69. The molecule has 0 aliphatic heterocycles. The molecule has 0 aliphatic rings. The molecule has 1 N–H and O–H groups in total. The zero-order valence-corrected chi connectivity index (χ0v) is 15.7. The predicted molar refractivity (Wildman–Crippen MR) is 92.0 cm³/mol. The standard InChI is InChI=1S/C13H12BrCl2NO2S2/c1-8(5-9-3-2-4-10(15)6-9)17-21(18,19)12-7-11(16)13(14)20-12/h2-4,6-8,17H,5H2,1H3. The van der Waals surface area contributed by atoms with Crippen molar-refractivity contribution < 1.29 is 8.42 Å². The summed E-state index contributed by atoms with van der Waals surface area (Å²) in [6.07, 6.45) is 0.556. The first-order valence-corrected chi connectivity index (χ1v) is 9.84. The summed E-state index contributed by atoms with van der Waals surface area (Å²) >= 11 is 16.1. The molecule has 0 saturated carbocycles. The topological polar surface area (TPSA) is 46.2 Å². The van der Waals surface area contributed by atoms with E-state index < -0.39 is 10.0 Å². The van der Waals surface area contributed by atoms with Gasteiger partial charge in [-0.1, -0.05) is 35.3 Å². The number of sulfonamides is 1. The van der Waals surface area contributed by atoms with Crippen molar-refractivity contribution in [3.05, 3.63) is 49.7 Å². The number of thiophene rings is 1. The molecule has 3 nitrogen and oxygen atoms in total. The Bertz CT molecular complexity index is 727. The first kappa shape index (κ1) is 17.2. The lowest BCUT2D eigenvalue weighted by Crippen LogP contribution is -2.33. The van der Waals surface area contributed by atoms with Crippen molar-refractivity contribution >= 4 is 60.5 Å². The van der Waals surface area contributed by atoms with Crippen molar-refractivity contribution in [1.29, 1.82) is 0 Å². The molecule has 114 valence electrons. The third-order valence-electron chi connectivity index (χ3n) is 2.67. The minimum absolute atomic E-state index is 0.192. The molecule has 1 aromatic carbocycles. The maximum Gasteiger partial charge on any atom is 0.250 e. The molecule has 0 spiro atoms. The zero-order valence-electron chi connectivity index (χ0n) is 10.9. The molecule has 2 rings (SSSR count). The van der Waals surface area contributed by atoms with Gasteiger partial charge in [0, 0.05) is 11.1 Å². The van der Waals surface area contributed by atoms with Crippen LogP contribution in [0.4, 0.5) is 0 Å². The summed E-state index contributed by atoms with van der Waals surface area (Å²) in [7, 11) is -3.57. The number of benzene rings is 1. The molecule has 1 atom stereocenters. The Morgan fingerprint density at radius 1 is 1.33 bits per heavy atom. The molecular weight excluding hydrogens is 417 g/mol. The van der Waals surface area contributed by atoms with E-state index in [0.717, 1.165) is 16.9 Å². The normalized spacial score (nSPS) is 13.3. The van der Waals surface area contributed by atoms with Crippen molar-refractivity contribution in [1.82, 2.24) is 4.72 Å². The van der Waals surface area contributed by atoms with Crippen molar-refractivity contribution in [2.45, 2.75) is 23.6 Å². The molecule has 8 heteroatoms. The Kier molecular flexibility index (Phi) is 5.73. The van der Waals surface area contributed by atoms with Crippen LogP contribution in [0.5, 0.6) is 0 Å². The van der Waals surface area contributed by atoms with Crippen LogP contribution in [0.15, 0.2) is 38.3 Å². The molecule has 0 saturated heterocycles. The molecule has 0 aliphatic carbocycles. The van der Waals surface area contributed by atoms with Gasteiger partial charge in [-0.2, -0.15) is 0 Å². The fraction of sp³-hybridized carbons (Fsp3) is 0.231. The van der Waals surface area contributed by atoms with Crippen LogP contribution in [0.3, 0.4) is 0 Å². The fourth-order valence-electron chi connectivity index (χ4n) is 1.84. The maximum atomic E-state index is 12.3. The highest BCUT2D eigenvalue weighted by Gasteiger charge is 2.21. The minimum Gasteiger partial charge on any atom is -0.207 e. The predicted octanol–water partition coefficient (Wildman–Crippen LogP) is 4.73. The van der Waals surface area contributed by atoms with Gasteiger partial charge in [-0.15, -0.1) is 11.3 Å². The number of hydrogen-bond acceptors (Lipinski definition) is 3. The van der Waals surface area contributed by atoms with Crippen LogP contribution < -0.4 is 4.72 Å². The van der Waals surface area contributed by atoms with Crippen LogP contribution in [-0.4, -0.2) is 14.5 Å². The van der Waals surface area contributed by atoms with Crippen LogP contribution in [0.2, 0.25) is 10.0 Å². The van der Waals surface area contributed by atoms with Crippen LogP contribution in [0.1, 0.15) is 12.5 Å². The summed E-state index contributed by atoms with van der Waals surface area (Å²) in [4.78, 5) is 0. The molecule has 1 unspecified atom stereocenters. The fourth-order valence-corrected chi connectivity index (χ4v) is 5.71. The van der Waals surface area contributed by atoms with Gasteiger partial charge < -0.3 is 0 Å². The van der Waals surface area contributed by atoms with Crippen LogP contribution in [0.25, 0.3) is 0 Å². The summed E-state index contributed by atoms with van der Waals surface area (Å²) in [5.74, 6) is 0. The van der Waals surface area contributed by atoms with E-state index in [0.29, 0.717) is 20.3 Å². The van der Waals surface area contributed by atoms with E-state index in [1.165, 1.54) is 6.07 Å². The van der Waals surface area contributed by atoms with Gasteiger partial charge in [0.15, 0.2) is 0 Å². The second-order valence-corrected chi connectivity index (χ2v) is 9.70. The summed E-state index contributed by atoms with van der Waals surface area (Å²) in [5.41, 5.74) is 0.975. The summed E-state index contributed by atoms with van der Waals surface area (Å²) < 4.78 is 28.0. The van der Waals surface area contributed by atoms with Gasteiger partial charge in [0.2, 0.25) is 10.0 Å². The van der Waals surface area contributed by atoms with E-state index in [-0.39, 0.29) is 10.3 Å². The highest BCUT2D eigenvalue weighted by molar-refractivity contribution is 9.11. The highest BCUT2D eigenvalue weighted by Crippen LogP contribution is 2.34. The van der Waals surface area contributed by atoms with Gasteiger partial charge in [-0.05, 0) is 53.0 Å². The number of rotatable bonds is 5. The molecule has 1 aromatic heterocycles. The summed E-state index contributed by atoms with van der Waals surface area (Å²) in [6.45, 7) is 1.81. The van der Waals surface area contributed by atoms with E-state index in [2.05, 4.69) is 20.7 Å². The average molecular weight is 429 g/mol. The van der Waals surface area contributed by atoms with Crippen LogP contribution >= 0.6 is 50.5 Å². The lowest BCUT2D eigenvalue weighted by Gasteiger charge is -2.13. The molecule has 0 fully saturated rings. The maximum absolute atomic E-state index is 12.3. The second-order valence-electron chi connectivity index (χ2n) is 4.54. The van der Waals surface area contributed by atoms with Crippen LogP contribution in [0, 0.1) is 0 Å². The van der Waals surface area contributed by atoms with Gasteiger partial charge >= 0.3 is 0 Å². The minimum atomic E-state index is -3.57. The van der Waals surface area contributed by atoms with E-state index in [1.807, 2.05) is 25.1 Å². The Morgan fingerprint density at radius 3 is 2.62 bits per heavy atom. The van der Waals surface area contributed by atoms with E-state index in [4.69, 9.17) is 23.2 Å². The van der Waals surface area contributed by atoms with Crippen molar-refractivity contribution in [2.75, 3.05) is 0 Å². The quantitative estimate of drug-likeness (QED) is 0.748. The van der Waals surface area contributed by atoms with Gasteiger partial charge in [0.1, 0.15) is 4.21 Å². The highest BCUT2D eigenvalue weighted by atomic mass is 79.9. The molecule has 0 amide bonds. The van der Waals surface area contributed by atoms with Crippen molar-refractivity contribution in [3.63, 3.8) is 0 Å². The molecule has 21 heavy (non-hydrogen) atoms. The second kappa shape index (κ2) is 6.98. The summed E-state index contributed by atoms with van der Waals surface area (Å²) in [6, 6.07) is 8.54.